The molecule has 18 heavy (non-hydrogen) atoms. The van der Waals surface area contributed by atoms with E-state index in [9.17, 15) is 14.4 Å². The standard InChI is InChI=1S/C12H19N3O3/c13-12(18)9-3-6-14(7-4-9)11(17)8-15-5-1-2-10(15)16/h9H,1-8H2,(H2,13,18). The summed E-state index contributed by atoms with van der Waals surface area (Å²) in [6.07, 6.45) is 2.66. The highest BCUT2D eigenvalue weighted by Crippen LogP contribution is 2.17. The van der Waals surface area contributed by atoms with Gasteiger partial charge in [-0.05, 0) is 19.3 Å². The Kier molecular flexibility index (Phi) is 3.84. The Bertz CT molecular complexity index is 362. The third-order valence-corrected chi connectivity index (χ3v) is 3.75. The maximum Gasteiger partial charge on any atom is 0.242 e. The van der Waals surface area contributed by atoms with Crippen LogP contribution in [-0.2, 0) is 14.4 Å². The van der Waals surface area contributed by atoms with E-state index in [1.54, 1.807) is 9.80 Å². The van der Waals surface area contributed by atoms with Crippen molar-refractivity contribution in [2.45, 2.75) is 25.7 Å². The van der Waals surface area contributed by atoms with Crippen molar-refractivity contribution in [3.05, 3.63) is 0 Å². The minimum atomic E-state index is -0.281. The van der Waals surface area contributed by atoms with Crippen molar-refractivity contribution in [3.63, 3.8) is 0 Å². The molecule has 2 rings (SSSR count). The topological polar surface area (TPSA) is 83.7 Å². The third kappa shape index (κ3) is 2.80. The summed E-state index contributed by atoms with van der Waals surface area (Å²) in [6, 6.07) is 0. The molecule has 3 amide bonds. The van der Waals surface area contributed by atoms with Gasteiger partial charge in [-0.3, -0.25) is 14.4 Å². The van der Waals surface area contributed by atoms with E-state index >= 15 is 0 Å². The van der Waals surface area contributed by atoms with Crippen molar-refractivity contribution in [1.82, 2.24) is 9.80 Å². The Hall–Kier alpha value is -1.59. The van der Waals surface area contributed by atoms with Crippen LogP contribution in [0.1, 0.15) is 25.7 Å². The summed E-state index contributed by atoms with van der Waals surface area (Å²) in [5.74, 6) is -0.345. The van der Waals surface area contributed by atoms with Gasteiger partial charge in [0.1, 0.15) is 0 Å². The minimum Gasteiger partial charge on any atom is -0.369 e. The van der Waals surface area contributed by atoms with Crippen LogP contribution in [0.25, 0.3) is 0 Å². The van der Waals surface area contributed by atoms with Crippen LogP contribution < -0.4 is 5.73 Å². The Labute approximate surface area is 106 Å². The van der Waals surface area contributed by atoms with Gasteiger partial charge < -0.3 is 15.5 Å². The zero-order valence-electron chi connectivity index (χ0n) is 10.4. The number of carbonyl (C=O) groups is 3. The van der Waals surface area contributed by atoms with Crippen molar-refractivity contribution >= 4 is 17.7 Å². The van der Waals surface area contributed by atoms with Gasteiger partial charge in [-0.25, -0.2) is 0 Å². The number of amides is 3. The van der Waals surface area contributed by atoms with Gasteiger partial charge in [-0.1, -0.05) is 0 Å². The van der Waals surface area contributed by atoms with Gasteiger partial charge in [0, 0.05) is 32.0 Å². The number of nitrogens with two attached hydrogens (primary N) is 1. The van der Waals surface area contributed by atoms with Crippen LogP contribution in [0.3, 0.4) is 0 Å². The molecule has 2 saturated heterocycles. The predicted molar refractivity (Wildman–Crippen MR) is 64.3 cm³/mol. The van der Waals surface area contributed by atoms with Gasteiger partial charge >= 0.3 is 0 Å². The Morgan fingerprint density at radius 1 is 1.22 bits per heavy atom. The van der Waals surface area contributed by atoms with Crippen LogP contribution in [0, 0.1) is 5.92 Å². The maximum atomic E-state index is 12.0. The van der Waals surface area contributed by atoms with E-state index in [2.05, 4.69) is 0 Å². The molecule has 2 N–H and O–H groups in total. The van der Waals surface area contributed by atoms with Crippen LogP contribution in [-0.4, -0.2) is 53.7 Å². The van der Waals surface area contributed by atoms with Crippen molar-refractivity contribution in [3.8, 4) is 0 Å². The third-order valence-electron chi connectivity index (χ3n) is 3.75. The van der Waals surface area contributed by atoms with Crippen LogP contribution in [0.4, 0.5) is 0 Å². The number of primary amides is 1. The van der Waals surface area contributed by atoms with Crippen LogP contribution in [0.15, 0.2) is 0 Å². The highest BCUT2D eigenvalue weighted by Gasteiger charge is 2.28. The first kappa shape index (κ1) is 12.9. The van der Waals surface area contributed by atoms with E-state index in [1.165, 1.54) is 0 Å². The summed E-state index contributed by atoms with van der Waals surface area (Å²) in [4.78, 5) is 37.8. The van der Waals surface area contributed by atoms with E-state index in [0.717, 1.165) is 6.42 Å². The molecule has 0 saturated carbocycles. The summed E-state index contributed by atoms with van der Waals surface area (Å²) in [7, 11) is 0. The first-order valence-corrected chi connectivity index (χ1v) is 6.43. The monoisotopic (exact) mass is 253 g/mol. The molecule has 2 aliphatic rings. The predicted octanol–water partition coefficient (Wildman–Crippen LogP) is -0.667. The fourth-order valence-corrected chi connectivity index (χ4v) is 2.55. The highest BCUT2D eigenvalue weighted by molar-refractivity contribution is 5.86. The molecule has 6 heteroatoms. The highest BCUT2D eigenvalue weighted by atomic mass is 16.2. The molecule has 100 valence electrons. The Morgan fingerprint density at radius 2 is 1.89 bits per heavy atom. The van der Waals surface area contributed by atoms with Gasteiger partial charge in [0.15, 0.2) is 0 Å². The number of rotatable bonds is 3. The lowest BCUT2D eigenvalue weighted by molar-refractivity contribution is -0.140. The van der Waals surface area contributed by atoms with E-state index in [0.29, 0.717) is 38.9 Å². The van der Waals surface area contributed by atoms with E-state index in [1.807, 2.05) is 0 Å². The van der Waals surface area contributed by atoms with E-state index in [4.69, 9.17) is 5.73 Å². The molecule has 0 unspecified atom stereocenters. The lowest BCUT2D eigenvalue weighted by atomic mass is 9.96. The molecule has 0 bridgehead atoms. The average Bonchev–Trinajstić information content (AvgIpc) is 2.75. The van der Waals surface area contributed by atoms with Gasteiger partial charge in [-0.15, -0.1) is 0 Å². The first-order chi connectivity index (χ1) is 8.58. The fourth-order valence-electron chi connectivity index (χ4n) is 2.55. The molecule has 0 radical (unpaired) electrons. The Balaban J connectivity index is 1.80. The van der Waals surface area contributed by atoms with Gasteiger partial charge in [0.05, 0.1) is 6.54 Å². The summed E-state index contributed by atoms with van der Waals surface area (Å²) >= 11 is 0. The van der Waals surface area contributed by atoms with Crippen LogP contribution in [0.5, 0.6) is 0 Å². The molecule has 2 heterocycles. The SMILES string of the molecule is NC(=O)C1CCN(C(=O)CN2CCCC2=O)CC1. The van der Waals surface area contributed by atoms with Crippen molar-refractivity contribution < 1.29 is 14.4 Å². The van der Waals surface area contributed by atoms with Gasteiger partial charge in [0.25, 0.3) is 0 Å². The van der Waals surface area contributed by atoms with E-state index in [-0.39, 0.29) is 30.2 Å². The number of hydrogen-bond acceptors (Lipinski definition) is 3. The van der Waals surface area contributed by atoms with Crippen molar-refractivity contribution in [2.75, 3.05) is 26.2 Å². The molecule has 0 spiro atoms. The van der Waals surface area contributed by atoms with Crippen LogP contribution in [0.2, 0.25) is 0 Å². The second-order valence-electron chi connectivity index (χ2n) is 4.98. The molecule has 2 fully saturated rings. The van der Waals surface area contributed by atoms with Gasteiger partial charge in [-0.2, -0.15) is 0 Å². The number of hydrogen-bond donors (Lipinski definition) is 1. The molecule has 6 nitrogen and oxygen atoms in total. The van der Waals surface area contributed by atoms with Gasteiger partial charge in [0.2, 0.25) is 17.7 Å². The largest absolute Gasteiger partial charge is 0.369 e. The molecular weight excluding hydrogens is 234 g/mol. The second kappa shape index (κ2) is 5.37. The summed E-state index contributed by atoms with van der Waals surface area (Å²) in [5.41, 5.74) is 5.24. The zero-order valence-corrected chi connectivity index (χ0v) is 10.4. The molecular formula is C12H19N3O3. The first-order valence-electron chi connectivity index (χ1n) is 6.43. The lowest BCUT2D eigenvalue weighted by Crippen LogP contribution is -2.46. The molecule has 0 atom stereocenters. The normalized spacial score (nSPS) is 21.4. The summed E-state index contributed by atoms with van der Waals surface area (Å²) in [6.45, 7) is 1.99. The maximum absolute atomic E-state index is 12.0. The van der Waals surface area contributed by atoms with Crippen molar-refractivity contribution in [1.29, 1.82) is 0 Å². The molecule has 0 aliphatic carbocycles. The number of likely N-dealkylation sites (tertiary alicyclic amines) is 2. The quantitative estimate of drug-likeness (QED) is 0.724. The second-order valence-corrected chi connectivity index (χ2v) is 4.98. The number of piperidine rings is 1. The molecule has 2 aliphatic heterocycles. The fraction of sp³-hybridized carbons (Fsp3) is 0.750. The zero-order chi connectivity index (χ0) is 13.1. The minimum absolute atomic E-state index is 0.0202. The van der Waals surface area contributed by atoms with Crippen LogP contribution >= 0.6 is 0 Å². The smallest absolute Gasteiger partial charge is 0.242 e. The lowest BCUT2D eigenvalue weighted by Gasteiger charge is -2.31. The molecule has 0 aromatic rings. The van der Waals surface area contributed by atoms with E-state index < -0.39 is 0 Å². The molecule has 0 aromatic carbocycles. The summed E-state index contributed by atoms with van der Waals surface area (Å²) in [5, 5.41) is 0. The Morgan fingerprint density at radius 3 is 2.39 bits per heavy atom. The number of carbonyl (C=O) groups excluding carboxylic acids is 3. The molecule has 0 aromatic heterocycles. The summed E-state index contributed by atoms with van der Waals surface area (Å²) < 4.78 is 0. The average molecular weight is 253 g/mol. The number of nitrogens with zero attached hydrogens (tertiary/aromatic N) is 2. The van der Waals surface area contributed by atoms with Crippen molar-refractivity contribution in [2.24, 2.45) is 11.7 Å².